The summed E-state index contributed by atoms with van der Waals surface area (Å²) >= 11 is 0. The van der Waals surface area contributed by atoms with Crippen molar-refractivity contribution in [1.29, 1.82) is 0 Å². The topological polar surface area (TPSA) is 55.1 Å². The normalized spacial score (nSPS) is 10.3. The molecule has 0 saturated heterocycles. The Morgan fingerprint density at radius 3 is 2.62 bits per heavy atom. The quantitative estimate of drug-likeness (QED) is 0.855. The summed E-state index contributed by atoms with van der Waals surface area (Å²) in [4.78, 5) is 11.1. The van der Waals surface area contributed by atoms with Gasteiger partial charge in [-0.3, -0.25) is 0 Å². The van der Waals surface area contributed by atoms with E-state index in [-0.39, 0.29) is 5.69 Å². The fourth-order valence-electron chi connectivity index (χ4n) is 1.52. The fraction of sp³-hybridized carbons (Fsp3) is 0.167. The molecule has 1 aromatic heterocycles. The van der Waals surface area contributed by atoms with E-state index in [1.165, 1.54) is 4.68 Å². The Labute approximate surface area is 93.1 Å². The Morgan fingerprint density at radius 2 is 2.06 bits per heavy atom. The van der Waals surface area contributed by atoms with Gasteiger partial charge in [-0.2, -0.15) is 5.10 Å². The maximum absolute atomic E-state index is 11.1. The van der Waals surface area contributed by atoms with Crippen molar-refractivity contribution in [2.75, 3.05) is 0 Å². The molecule has 0 aliphatic rings. The molecule has 0 fully saturated rings. The van der Waals surface area contributed by atoms with Gasteiger partial charge in [0.1, 0.15) is 0 Å². The Hall–Kier alpha value is -2.10. The van der Waals surface area contributed by atoms with Gasteiger partial charge >= 0.3 is 5.97 Å². The number of aromatic carboxylic acids is 1. The molecule has 16 heavy (non-hydrogen) atoms. The van der Waals surface area contributed by atoms with E-state index in [0.29, 0.717) is 0 Å². The largest absolute Gasteiger partial charge is 0.477 e. The lowest BCUT2D eigenvalue weighted by Gasteiger charge is -2.03. The maximum atomic E-state index is 11.1. The van der Waals surface area contributed by atoms with Crippen LogP contribution in [0.25, 0.3) is 5.69 Å². The van der Waals surface area contributed by atoms with Gasteiger partial charge in [-0.05, 0) is 24.6 Å². The number of aromatic nitrogens is 2. The smallest absolute Gasteiger partial charge is 0.354 e. The van der Waals surface area contributed by atoms with E-state index >= 15 is 0 Å². The number of carbonyl (C=O) groups is 1. The molecular weight excluding hydrogens is 204 g/mol. The van der Waals surface area contributed by atoms with Crippen LogP contribution in [0.5, 0.6) is 0 Å². The number of hydrogen-bond acceptors (Lipinski definition) is 2. The van der Waals surface area contributed by atoms with E-state index in [1.54, 1.807) is 6.07 Å². The first-order chi connectivity index (χ1) is 7.72. The number of carboxylic acids is 1. The summed E-state index contributed by atoms with van der Waals surface area (Å²) in [5.41, 5.74) is 1.74. The summed E-state index contributed by atoms with van der Waals surface area (Å²) < 4.78 is 1.46. The Balaban J connectivity index is 2.55. The molecule has 82 valence electrons. The van der Waals surface area contributed by atoms with Crippen LogP contribution in [-0.4, -0.2) is 20.9 Å². The maximum Gasteiger partial charge on any atom is 0.354 e. The molecule has 0 unspecified atom stereocenters. The molecule has 0 atom stereocenters. The standard InChI is InChI=1S/C12H12N2O2/c1-2-9-8-11(12(15)16)14(13-9)10-6-4-3-5-7-10/h3-8H,2H2,1H3,(H,15,16). The molecule has 2 aromatic rings. The second kappa shape index (κ2) is 4.18. The van der Waals surface area contributed by atoms with E-state index in [1.807, 2.05) is 37.3 Å². The number of rotatable bonds is 3. The number of hydrogen-bond donors (Lipinski definition) is 1. The molecule has 1 N–H and O–H groups in total. The summed E-state index contributed by atoms with van der Waals surface area (Å²) in [6, 6.07) is 10.9. The third kappa shape index (κ3) is 1.82. The van der Waals surface area contributed by atoms with Crippen molar-refractivity contribution < 1.29 is 9.90 Å². The molecule has 0 aliphatic carbocycles. The average molecular weight is 216 g/mol. The summed E-state index contributed by atoms with van der Waals surface area (Å²) in [5.74, 6) is -0.962. The summed E-state index contributed by atoms with van der Waals surface area (Å²) in [5, 5.41) is 13.3. The van der Waals surface area contributed by atoms with Gasteiger partial charge in [0.25, 0.3) is 0 Å². The fourth-order valence-corrected chi connectivity index (χ4v) is 1.52. The number of nitrogens with zero attached hydrogens (tertiary/aromatic N) is 2. The predicted octanol–water partition coefficient (Wildman–Crippen LogP) is 2.13. The van der Waals surface area contributed by atoms with Crippen LogP contribution in [-0.2, 0) is 6.42 Å². The Morgan fingerprint density at radius 1 is 1.38 bits per heavy atom. The minimum absolute atomic E-state index is 0.197. The monoisotopic (exact) mass is 216 g/mol. The van der Waals surface area contributed by atoms with Crippen LogP contribution in [0, 0.1) is 0 Å². The van der Waals surface area contributed by atoms with E-state index < -0.39 is 5.97 Å². The first kappa shape index (κ1) is 10.4. The molecule has 0 radical (unpaired) electrons. The van der Waals surface area contributed by atoms with Gasteiger partial charge in [0, 0.05) is 0 Å². The molecule has 4 heteroatoms. The van der Waals surface area contributed by atoms with Gasteiger partial charge < -0.3 is 5.11 Å². The summed E-state index contributed by atoms with van der Waals surface area (Å²) in [7, 11) is 0. The van der Waals surface area contributed by atoms with Crippen LogP contribution in [0.1, 0.15) is 23.1 Å². The van der Waals surface area contributed by atoms with Crippen molar-refractivity contribution >= 4 is 5.97 Å². The highest BCUT2D eigenvalue weighted by Crippen LogP contribution is 2.12. The Bertz CT molecular complexity index is 503. The zero-order valence-corrected chi connectivity index (χ0v) is 8.92. The molecule has 0 amide bonds. The number of carboxylic acid groups (broad SMARTS) is 1. The highest BCUT2D eigenvalue weighted by molar-refractivity contribution is 5.86. The van der Waals surface area contributed by atoms with Crippen molar-refractivity contribution in [2.45, 2.75) is 13.3 Å². The van der Waals surface area contributed by atoms with Crippen molar-refractivity contribution in [3.63, 3.8) is 0 Å². The van der Waals surface area contributed by atoms with E-state index in [9.17, 15) is 4.79 Å². The van der Waals surface area contributed by atoms with Crippen molar-refractivity contribution in [3.8, 4) is 5.69 Å². The molecular formula is C12H12N2O2. The minimum Gasteiger partial charge on any atom is -0.477 e. The first-order valence-corrected chi connectivity index (χ1v) is 5.10. The number of benzene rings is 1. The van der Waals surface area contributed by atoms with Crippen molar-refractivity contribution in [1.82, 2.24) is 9.78 Å². The summed E-state index contributed by atoms with van der Waals surface area (Å²) in [6.07, 6.45) is 0.722. The van der Waals surface area contributed by atoms with Crippen LogP contribution in [0.4, 0.5) is 0 Å². The molecule has 4 nitrogen and oxygen atoms in total. The average Bonchev–Trinajstić information content (AvgIpc) is 2.74. The molecule has 0 aliphatic heterocycles. The first-order valence-electron chi connectivity index (χ1n) is 5.10. The van der Waals surface area contributed by atoms with Crippen LogP contribution in [0.15, 0.2) is 36.4 Å². The third-order valence-corrected chi connectivity index (χ3v) is 2.34. The second-order valence-corrected chi connectivity index (χ2v) is 3.43. The van der Waals surface area contributed by atoms with Gasteiger partial charge in [0.15, 0.2) is 5.69 Å². The highest BCUT2D eigenvalue weighted by Gasteiger charge is 2.14. The van der Waals surface area contributed by atoms with Gasteiger partial charge in [0.05, 0.1) is 11.4 Å². The highest BCUT2D eigenvalue weighted by atomic mass is 16.4. The number of aryl methyl sites for hydroxylation is 1. The molecule has 1 heterocycles. The zero-order valence-electron chi connectivity index (χ0n) is 8.92. The SMILES string of the molecule is CCc1cc(C(=O)O)n(-c2ccccc2)n1. The molecule has 0 spiro atoms. The van der Waals surface area contributed by atoms with Crippen LogP contribution in [0.2, 0.25) is 0 Å². The lowest BCUT2D eigenvalue weighted by Crippen LogP contribution is -2.07. The van der Waals surface area contributed by atoms with Crippen LogP contribution < -0.4 is 0 Å². The minimum atomic E-state index is -0.962. The Kier molecular flexibility index (Phi) is 2.72. The molecule has 1 aromatic carbocycles. The van der Waals surface area contributed by atoms with Crippen molar-refractivity contribution in [3.05, 3.63) is 47.8 Å². The van der Waals surface area contributed by atoms with E-state index in [2.05, 4.69) is 5.10 Å². The third-order valence-electron chi connectivity index (χ3n) is 2.34. The van der Waals surface area contributed by atoms with E-state index in [0.717, 1.165) is 17.8 Å². The molecule has 0 saturated carbocycles. The molecule has 0 bridgehead atoms. The summed E-state index contributed by atoms with van der Waals surface area (Å²) in [6.45, 7) is 1.95. The van der Waals surface area contributed by atoms with Gasteiger partial charge in [0.2, 0.25) is 0 Å². The van der Waals surface area contributed by atoms with E-state index in [4.69, 9.17) is 5.11 Å². The van der Waals surface area contributed by atoms with Crippen LogP contribution in [0.3, 0.4) is 0 Å². The number of para-hydroxylation sites is 1. The van der Waals surface area contributed by atoms with Crippen LogP contribution >= 0.6 is 0 Å². The molecule has 2 rings (SSSR count). The lowest BCUT2D eigenvalue weighted by atomic mass is 10.3. The second-order valence-electron chi connectivity index (χ2n) is 3.43. The van der Waals surface area contributed by atoms with Crippen molar-refractivity contribution in [2.24, 2.45) is 0 Å². The van der Waals surface area contributed by atoms with Gasteiger partial charge in [-0.25, -0.2) is 9.48 Å². The van der Waals surface area contributed by atoms with Gasteiger partial charge in [-0.15, -0.1) is 0 Å². The lowest BCUT2D eigenvalue weighted by molar-refractivity contribution is 0.0687. The predicted molar refractivity (Wildman–Crippen MR) is 59.9 cm³/mol. The zero-order chi connectivity index (χ0) is 11.5. The van der Waals surface area contributed by atoms with Gasteiger partial charge in [-0.1, -0.05) is 25.1 Å².